The highest BCUT2D eigenvalue weighted by Crippen LogP contribution is 2.23. The molecule has 0 fully saturated rings. The summed E-state index contributed by atoms with van der Waals surface area (Å²) in [7, 11) is 1.71. The van der Waals surface area contributed by atoms with Gasteiger partial charge in [0.15, 0.2) is 0 Å². The lowest BCUT2D eigenvalue weighted by atomic mass is 10.2. The highest BCUT2D eigenvalue weighted by Gasteiger charge is 2.12. The lowest BCUT2D eigenvalue weighted by Crippen LogP contribution is -2.35. The van der Waals surface area contributed by atoms with Crippen LogP contribution in [0, 0.1) is 0 Å². The average molecular weight is 265 g/mol. The molecule has 19 heavy (non-hydrogen) atoms. The van der Waals surface area contributed by atoms with Crippen LogP contribution in [-0.4, -0.2) is 31.5 Å². The Morgan fingerprint density at radius 3 is 2.68 bits per heavy atom. The molecule has 0 spiro atoms. The van der Waals surface area contributed by atoms with Crippen molar-refractivity contribution in [2.45, 2.75) is 19.4 Å². The summed E-state index contributed by atoms with van der Waals surface area (Å²) in [6.07, 6.45) is 0.134. The number of benzene rings is 1. The smallest absolute Gasteiger partial charge is 0.241 e. The van der Waals surface area contributed by atoms with E-state index in [2.05, 4.69) is 10.6 Å². The number of primary amides is 1. The van der Waals surface area contributed by atoms with Gasteiger partial charge in [-0.25, -0.2) is 0 Å². The van der Waals surface area contributed by atoms with Gasteiger partial charge in [0.1, 0.15) is 5.75 Å². The molecule has 104 valence electrons. The van der Waals surface area contributed by atoms with Gasteiger partial charge in [0.25, 0.3) is 0 Å². The second kappa shape index (κ2) is 7.38. The van der Waals surface area contributed by atoms with E-state index in [0.717, 1.165) is 0 Å². The first-order valence-corrected chi connectivity index (χ1v) is 6.03. The number of nitrogens with two attached hydrogens (primary N) is 1. The summed E-state index contributed by atoms with van der Waals surface area (Å²) >= 11 is 0. The molecule has 2 amide bonds. The van der Waals surface area contributed by atoms with E-state index in [-0.39, 0.29) is 25.0 Å². The van der Waals surface area contributed by atoms with Crippen LogP contribution in [0.4, 0.5) is 5.69 Å². The van der Waals surface area contributed by atoms with Gasteiger partial charge in [0.05, 0.1) is 24.8 Å². The van der Waals surface area contributed by atoms with Crippen LogP contribution in [0.3, 0.4) is 0 Å². The number of hydrogen-bond acceptors (Lipinski definition) is 4. The lowest BCUT2D eigenvalue weighted by Gasteiger charge is -2.14. The van der Waals surface area contributed by atoms with Gasteiger partial charge in [-0.1, -0.05) is 12.1 Å². The van der Waals surface area contributed by atoms with Crippen molar-refractivity contribution in [3.05, 3.63) is 24.3 Å². The Hall–Kier alpha value is -2.08. The van der Waals surface area contributed by atoms with Crippen LogP contribution in [0.25, 0.3) is 0 Å². The highest BCUT2D eigenvalue weighted by atomic mass is 16.5. The van der Waals surface area contributed by atoms with Crippen LogP contribution >= 0.6 is 0 Å². The fourth-order valence-corrected chi connectivity index (χ4v) is 1.33. The zero-order valence-electron chi connectivity index (χ0n) is 11.1. The number of nitrogens with one attached hydrogen (secondary N) is 2. The first kappa shape index (κ1) is 15.0. The normalized spacial score (nSPS) is 11.7. The fraction of sp³-hybridized carbons (Fsp3) is 0.385. The van der Waals surface area contributed by atoms with E-state index < -0.39 is 5.91 Å². The maximum absolute atomic E-state index is 11.8. The van der Waals surface area contributed by atoms with Crippen molar-refractivity contribution in [2.24, 2.45) is 5.73 Å². The zero-order chi connectivity index (χ0) is 14.3. The number of carbonyl (C=O) groups excluding carboxylic acids is 2. The van der Waals surface area contributed by atoms with Gasteiger partial charge >= 0.3 is 0 Å². The Morgan fingerprint density at radius 2 is 2.05 bits per heavy atom. The second-order valence-corrected chi connectivity index (χ2v) is 4.06. The Bertz CT molecular complexity index is 449. The standard InChI is InChI=1S/C13H19N3O3/c1-9(15-2)13(18)16-10-5-3-4-6-11(10)19-8-7-12(14)17/h3-6,9,15H,7-8H2,1-2H3,(H2,14,17)(H,16,18). The number of para-hydroxylation sites is 2. The fourth-order valence-electron chi connectivity index (χ4n) is 1.33. The van der Waals surface area contributed by atoms with Crippen LogP contribution in [0.2, 0.25) is 0 Å². The van der Waals surface area contributed by atoms with Crippen molar-refractivity contribution in [1.29, 1.82) is 0 Å². The molecule has 1 aromatic rings. The third kappa shape index (κ3) is 4.97. The van der Waals surface area contributed by atoms with Crippen LogP contribution in [-0.2, 0) is 9.59 Å². The number of rotatable bonds is 7. The Labute approximate surface area is 112 Å². The molecule has 1 atom stereocenters. The van der Waals surface area contributed by atoms with Gasteiger partial charge in [-0.15, -0.1) is 0 Å². The van der Waals surface area contributed by atoms with E-state index in [1.165, 1.54) is 0 Å². The summed E-state index contributed by atoms with van der Waals surface area (Å²) in [6.45, 7) is 1.94. The minimum atomic E-state index is -0.426. The van der Waals surface area contributed by atoms with Crippen LogP contribution in [0.15, 0.2) is 24.3 Å². The maximum Gasteiger partial charge on any atom is 0.241 e. The Morgan fingerprint density at radius 1 is 1.37 bits per heavy atom. The Kier molecular flexibility index (Phi) is 5.81. The number of carbonyl (C=O) groups is 2. The molecule has 4 N–H and O–H groups in total. The van der Waals surface area contributed by atoms with E-state index >= 15 is 0 Å². The molecular formula is C13H19N3O3. The first-order valence-electron chi connectivity index (χ1n) is 6.03. The zero-order valence-corrected chi connectivity index (χ0v) is 11.1. The summed E-state index contributed by atoms with van der Waals surface area (Å²) in [5.41, 5.74) is 5.60. The predicted octanol–water partition coefficient (Wildman–Crippen LogP) is 0.487. The van der Waals surface area contributed by atoms with Gasteiger partial charge < -0.3 is 21.1 Å². The summed E-state index contributed by atoms with van der Waals surface area (Å²) in [6, 6.07) is 6.73. The number of ether oxygens (including phenoxy) is 1. The lowest BCUT2D eigenvalue weighted by molar-refractivity contribution is -0.119. The number of likely N-dealkylation sites (N-methyl/N-ethyl adjacent to an activating group) is 1. The summed E-state index contributed by atoms with van der Waals surface area (Å²) < 4.78 is 5.43. The number of hydrogen-bond donors (Lipinski definition) is 3. The molecule has 6 heteroatoms. The SMILES string of the molecule is CNC(C)C(=O)Nc1ccccc1OCCC(N)=O. The first-order chi connectivity index (χ1) is 9.04. The largest absolute Gasteiger partial charge is 0.491 e. The van der Waals surface area contributed by atoms with Crippen LogP contribution in [0.5, 0.6) is 5.75 Å². The van der Waals surface area contributed by atoms with E-state index in [0.29, 0.717) is 11.4 Å². The van der Waals surface area contributed by atoms with Crippen LogP contribution < -0.4 is 21.1 Å². The third-order valence-corrected chi connectivity index (χ3v) is 2.58. The number of anilines is 1. The monoisotopic (exact) mass is 265 g/mol. The molecule has 0 aromatic heterocycles. The molecule has 0 saturated heterocycles. The van der Waals surface area contributed by atoms with Crippen molar-refractivity contribution in [1.82, 2.24) is 5.32 Å². The van der Waals surface area contributed by atoms with E-state index in [4.69, 9.17) is 10.5 Å². The molecule has 6 nitrogen and oxygen atoms in total. The topological polar surface area (TPSA) is 93.4 Å². The third-order valence-electron chi connectivity index (χ3n) is 2.58. The van der Waals surface area contributed by atoms with E-state index in [1.807, 2.05) is 0 Å². The van der Waals surface area contributed by atoms with Crippen LogP contribution in [0.1, 0.15) is 13.3 Å². The quantitative estimate of drug-likeness (QED) is 0.668. The molecule has 0 heterocycles. The van der Waals surface area contributed by atoms with Crippen molar-refractivity contribution >= 4 is 17.5 Å². The van der Waals surface area contributed by atoms with E-state index in [9.17, 15) is 9.59 Å². The molecule has 0 aliphatic rings. The molecular weight excluding hydrogens is 246 g/mol. The summed E-state index contributed by atoms with van der Waals surface area (Å²) in [4.78, 5) is 22.4. The van der Waals surface area contributed by atoms with Crippen molar-refractivity contribution in [3.8, 4) is 5.75 Å². The molecule has 1 rings (SSSR count). The minimum absolute atomic E-state index is 0.134. The van der Waals surface area contributed by atoms with Gasteiger partial charge in [0.2, 0.25) is 11.8 Å². The molecule has 0 saturated carbocycles. The van der Waals surface area contributed by atoms with Crippen molar-refractivity contribution < 1.29 is 14.3 Å². The second-order valence-electron chi connectivity index (χ2n) is 4.06. The van der Waals surface area contributed by atoms with Gasteiger partial charge in [-0.2, -0.15) is 0 Å². The average Bonchev–Trinajstić information content (AvgIpc) is 2.39. The molecule has 1 aromatic carbocycles. The summed E-state index contributed by atoms with van der Waals surface area (Å²) in [5, 5.41) is 5.61. The highest BCUT2D eigenvalue weighted by molar-refractivity contribution is 5.95. The van der Waals surface area contributed by atoms with E-state index in [1.54, 1.807) is 38.2 Å². The van der Waals surface area contributed by atoms with Gasteiger partial charge in [-0.05, 0) is 26.1 Å². The molecule has 0 radical (unpaired) electrons. The Balaban J connectivity index is 2.67. The molecule has 1 unspecified atom stereocenters. The molecule has 0 bridgehead atoms. The molecule has 0 aliphatic heterocycles. The predicted molar refractivity (Wildman–Crippen MR) is 72.9 cm³/mol. The van der Waals surface area contributed by atoms with Gasteiger partial charge in [0, 0.05) is 0 Å². The number of amides is 2. The van der Waals surface area contributed by atoms with Crippen molar-refractivity contribution in [3.63, 3.8) is 0 Å². The van der Waals surface area contributed by atoms with Crippen molar-refractivity contribution in [2.75, 3.05) is 19.0 Å². The summed E-state index contributed by atoms with van der Waals surface area (Å²) in [5.74, 6) is -0.0702. The maximum atomic E-state index is 11.8. The van der Waals surface area contributed by atoms with Gasteiger partial charge in [-0.3, -0.25) is 9.59 Å². The molecule has 0 aliphatic carbocycles. The minimum Gasteiger partial charge on any atom is -0.491 e.